The zero-order chi connectivity index (χ0) is 16.4. The van der Waals surface area contributed by atoms with Crippen LogP contribution in [0.5, 0.6) is 0 Å². The summed E-state index contributed by atoms with van der Waals surface area (Å²) in [7, 11) is 4.08. The molecule has 0 aliphatic heterocycles. The molecule has 6 heteroatoms. The normalized spacial score (nSPS) is 18.0. The Bertz CT molecular complexity index is 228. The van der Waals surface area contributed by atoms with E-state index in [1.165, 1.54) is 0 Å². The lowest BCUT2D eigenvalue weighted by Gasteiger charge is -2.28. The van der Waals surface area contributed by atoms with E-state index in [2.05, 4.69) is 9.80 Å². The van der Waals surface area contributed by atoms with Crippen molar-refractivity contribution in [1.29, 1.82) is 0 Å². The monoisotopic (exact) mass is 306 g/mol. The minimum atomic E-state index is -0.424. The molecule has 0 radical (unpaired) electrons. The summed E-state index contributed by atoms with van der Waals surface area (Å²) in [6, 6.07) is 0. The summed E-state index contributed by atoms with van der Waals surface area (Å²) in [6.45, 7) is 10.6. The maximum atomic E-state index is 9.19. The summed E-state index contributed by atoms with van der Waals surface area (Å²) in [4.78, 5) is 4.35. The average Bonchev–Trinajstić information content (AvgIpc) is 2.33. The summed E-state index contributed by atoms with van der Waals surface area (Å²) in [5, 5.41) is 18.4. The number of aliphatic hydroxyl groups excluding tert-OH is 2. The second kappa shape index (κ2) is 11.3. The van der Waals surface area contributed by atoms with Crippen molar-refractivity contribution in [2.24, 2.45) is 0 Å². The molecule has 0 spiro atoms. The van der Waals surface area contributed by atoms with E-state index in [4.69, 9.17) is 9.47 Å². The van der Waals surface area contributed by atoms with Crippen LogP contribution in [0, 0.1) is 0 Å². The Balaban J connectivity index is 3.84. The molecule has 0 rings (SSSR count). The molecule has 0 bridgehead atoms. The molecule has 6 nitrogen and oxygen atoms in total. The van der Waals surface area contributed by atoms with Crippen LogP contribution in [0.4, 0.5) is 0 Å². The lowest BCUT2D eigenvalue weighted by atomic mass is 10.3. The Kier molecular flexibility index (Phi) is 11.2. The van der Waals surface area contributed by atoms with Crippen LogP contribution in [0.15, 0.2) is 0 Å². The van der Waals surface area contributed by atoms with Crippen molar-refractivity contribution in [3.05, 3.63) is 0 Å². The summed E-state index contributed by atoms with van der Waals surface area (Å²) < 4.78 is 11.1. The molecular formula is C15H34N2O4. The van der Waals surface area contributed by atoms with Gasteiger partial charge in [-0.3, -0.25) is 9.80 Å². The number of ether oxygens (including phenoxy) is 2. The third-order valence-corrected chi connectivity index (χ3v) is 2.86. The molecule has 0 aliphatic rings. The highest BCUT2D eigenvalue weighted by molar-refractivity contribution is 4.62. The number of hydrogen-bond acceptors (Lipinski definition) is 6. The highest BCUT2D eigenvalue weighted by Gasteiger charge is 2.12. The SMILES string of the molecule is CC(O)COC(C)CN(C)CN(C)CC(C)OCC(C)O. The molecule has 0 fully saturated rings. The van der Waals surface area contributed by atoms with Gasteiger partial charge in [-0.2, -0.15) is 0 Å². The molecule has 128 valence electrons. The Hall–Kier alpha value is -0.240. The van der Waals surface area contributed by atoms with Crippen LogP contribution in [0.2, 0.25) is 0 Å². The van der Waals surface area contributed by atoms with Crippen molar-refractivity contribution < 1.29 is 19.7 Å². The van der Waals surface area contributed by atoms with Gasteiger partial charge in [-0.05, 0) is 41.8 Å². The predicted molar refractivity (Wildman–Crippen MR) is 84.3 cm³/mol. The minimum absolute atomic E-state index is 0.0851. The molecule has 0 aliphatic carbocycles. The van der Waals surface area contributed by atoms with Crippen LogP contribution in [0.25, 0.3) is 0 Å². The van der Waals surface area contributed by atoms with Gasteiger partial charge in [0.25, 0.3) is 0 Å². The Morgan fingerprint density at radius 1 is 0.762 bits per heavy atom. The topological polar surface area (TPSA) is 65.4 Å². The van der Waals surface area contributed by atoms with Crippen molar-refractivity contribution in [2.75, 3.05) is 47.1 Å². The molecule has 0 amide bonds. The predicted octanol–water partition coefficient (Wildman–Crippen LogP) is 0.379. The van der Waals surface area contributed by atoms with Gasteiger partial charge in [-0.15, -0.1) is 0 Å². The fourth-order valence-corrected chi connectivity index (χ4v) is 2.12. The zero-order valence-corrected chi connectivity index (χ0v) is 14.5. The van der Waals surface area contributed by atoms with Crippen molar-refractivity contribution in [3.8, 4) is 0 Å². The lowest BCUT2D eigenvalue weighted by molar-refractivity contribution is -0.0232. The number of hydrogen-bond donors (Lipinski definition) is 2. The van der Waals surface area contributed by atoms with Gasteiger partial charge in [0.2, 0.25) is 0 Å². The second-order valence-corrected chi connectivity index (χ2v) is 6.20. The zero-order valence-electron chi connectivity index (χ0n) is 14.5. The highest BCUT2D eigenvalue weighted by Crippen LogP contribution is 2.00. The van der Waals surface area contributed by atoms with Gasteiger partial charge in [0.05, 0.1) is 44.3 Å². The van der Waals surface area contributed by atoms with E-state index in [0.717, 1.165) is 19.8 Å². The van der Waals surface area contributed by atoms with Gasteiger partial charge in [0, 0.05) is 13.1 Å². The molecule has 0 aromatic heterocycles. The molecule has 4 unspecified atom stereocenters. The van der Waals surface area contributed by atoms with Crippen LogP contribution < -0.4 is 0 Å². The Morgan fingerprint density at radius 3 is 1.38 bits per heavy atom. The third kappa shape index (κ3) is 13.2. The van der Waals surface area contributed by atoms with E-state index >= 15 is 0 Å². The van der Waals surface area contributed by atoms with Crippen LogP contribution in [-0.4, -0.2) is 91.5 Å². The highest BCUT2D eigenvalue weighted by atomic mass is 16.5. The molecule has 0 heterocycles. The first kappa shape index (κ1) is 20.8. The molecule has 4 atom stereocenters. The number of likely N-dealkylation sites (N-methyl/N-ethyl adjacent to an activating group) is 2. The Labute approximate surface area is 129 Å². The first-order chi connectivity index (χ1) is 9.70. The first-order valence-electron chi connectivity index (χ1n) is 7.67. The number of rotatable bonds is 12. The van der Waals surface area contributed by atoms with Crippen LogP contribution in [0.3, 0.4) is 0 Å². The van der Waals surface area contributed by atoms with E-state index in [9.17, 15) is 10.2 Å². The average molecular weight is 306 g/mol. The molecule has 21 heavy (non-hydrogen) atoms. The molecule has 0 saturated carbocycles. The lowest BCUT2D eigenvalue weighted by Crippen LogP contribution is -2.41. The van der Waals surface area contributed by atoms with Crippen molar-refractivity contribution in [3.63, 3.8) is 0 Å². The maximum Gasteiger partial charge on any atom is 0.0745 e. The smallest absolute Gasteiger partial charge is 0.0745 e. The van der Waals surface area contributed by atoms with E-state index < -0.39 is 12.2 Å². The third-order valence-electron chi connectivity index (χ3n) is 2.86. The fraction of sp³-hybridized carbons (Fsp3) is 1.00. The number of nitrogens with zero attached hydrogens (tertiary/aromatic N) is 2. The van der Waals surface area contributed by atoms with E-state index in [1.54, 1.807) is 13.8 Å². The summed E-state index contributed by atoms with van der Waals surface area (Å²) >= 11 is 0. The quantitative estimate of drug-likeness (QED) is 0.508. The van der Waals surface area contributed by atoms with Gasteiger partial charge in [0.1, 0.15) is 0 Å². The van der Waals surface area contributed by atoms with Gasteiger partial charge in [-0.25, -0.2) is 0 Å². The van der Waals surface area contributed by atoms with Crippen molar-refractivity contribution >= 4 is 0 Å². The molecule has 0 aromatic rings. The van der Waals surface area contributed by atoms with E-state index in [1.807, 2.05) is 27.9 Å². The standard InChI is InChI=1S/C15H34N2O4/c1-12(18)9-20-14(3)7-16(5)11-17(6)8-15(4)21-10-13(2)19/h12-15,18-19H,7-11H2,1-6H3. The van der Waals surface area contributed by atoms with E-state index in [0.29, 0.717) is 13.2 Å². The van der Waals surface area contributed by atoms with Gasteiger partial charge in [0.15, 0.2) is 0 Å². The summed E-state index contributed by atoms with van der Waals surface area (Å²) in [6.07, 6.45) is -0.677. The fourth-order valence-electron chi connectivity index (χ4n) is 2.12. The van der Waals surface area contributed by atoms with Crippen LogP contribution >= 0.6 is 0 Å². The molecule has 0 saturated heterocycles. The van der Waals surface area contributed by atoms with Gasteiger partial charge < -0.3 is 19.7 Å². The number of aliphatic hydroxyl groups is 2. The van der Waals surface area contributed by atoms with Crippen LogP contribution in [0.1, 0.15) is 27.7 Å². The molecular weight excluding hydrogens is 272 g/mol. The molecule has 0 aromatic carbocycles. The largest absolute Gasteiger partial charge is 0.391 e. The van der Waals surface area contributed by atoms with E-state index in [-0.39, 0.29) is 12.2 Å². The maximum absolute atomic E-state index is 9.19. The minimum Gasteiger partial charge on any atom is -0.391 e. The summed E-state index contributed by atoms with van der Waals surface area (Å²) in [5.74, 6) is 0. The van der Waals surface area contributed by atoms with Crippen molar-refractivity contribution in [1.82, 2.24) is 9.80 Å². The van der Waals surface area contributed by atoms with Crippen molar-refractivity contribution in [2.45, 2.75) is 52.1 Å². The van der Waals surface area contributed by atoms with Crippen LogP contribution in [-0.2, 0) is 9.47 Å². The van der Waals surface area contributed by atoms with Gasteiger partial charge in [-0.1, -0.05) is 0 Å². The molecule has 2 N–H and O–H groups in total. The summed E-state index contributed by atoms with van der Waals surface area (Å²) in [5.41, 5.74) is 0. The van der Waals surface area contributed by atoms with Gasteiger partial charge >= 0.3 is 0 Å². The first-order valence-corrected chi connectivity index (χ1v) is 7.67. The Morgan fingerprint density at radius 2 is 1.10 bits per heavy atom. The second-order valence-electron chi connectivity index (χ2n) is 6.20.